The van der Waals surface area contributed by atoms with Gasteiger partial charge in [0, 0.05) is 17.4 Å². The molecule has 0 atom stereocenters. The molecule has 112 valence electrons. The number of nitrogen functional groups attached to an aromatic ring is 1. The number of ether oxygens (including phenoxy) is 2. The van der Waals surface area contributed by atoms with Gasteiger partial charge < -0.3 is 20.5 Å². The van der Waals surface area contributed by atoms with Crippen molar-refractivity contribution >= 4 is 17.1 Å². The molecule has 0 aliphatic carbocycles. The molecule has 0 unspecified atom stereocenters. The third kappa shape index (κ3) is 4.20. The van der Waals surface area contributed by atoms with Gasteiger partial charge in [-0.1, -0.05) is 0 Å². The van der Waals surface area contributed by atoms with Gasteiger partial charge in [0.1, 0.15) is 11.5 Å². The first-order valence-corrected chi connectivity index (χ1v) is 5.94. The van der Waals surface area contributed by atoms with Crippen molar-refractivity contribution in [3.63, 3.8) is 0 Å². The minimum Gasteiger partial charge on any atom is -0.495 e. The Labute approximate surface area is 119 Å². The molecular weight excluding hydrogens is 285 g/mol. The third-order valence-electron chi connectivity index (χ3n) is 2.61. The van der Waals surface area contributed by atoms with Crippen molar-refractivity contribution in [1.82, 2.24) is 0 Å². The first-order valence-electron chi connectivity index (χ1n) is 5.94. The Morgan fingerprint density at radius 2 is 1.62 bits per heavy atom. The number of hydrogen-bond donors (Lipinski definition) is 2. The molecule has 0 spiro atoms. The van der Waals surface area contributed by atoms with E-state index >= 15 is 0 Å². The summed E-state index contributed by atoms with van der Waals surface area (Å²) >= 11 is 0. The molecule has 0 aromatic heterocycles. The van der Waals surface area contributed by atoms with Crippen LogP contribution in [0.25, 0.3) is 0 Å². The molecule has 0 amide bonds. The molecule has 0 aliphatic heterocycles. The van der Waals surface area contributed by atoms with Crippen LogP contribution in [0.5, 0.6) is 11.5 Å². The maximum absolute atomic E-state index is 12.0. The van der Waals surface area contributed by atoms with Gasteiger partial charge in [-0.25, -0.2) is 0 Å². The fourth-order valence-corrected chi connectivity index (χ4v) is 1.70. The van der Waals surface area contributed by atoms with Gasteiger partial charge in [0.05, 0.1) is 12.8 Å². The topological polar surface area (TPSA) is 56.5 Å². The molecule has 21 heavy (non-hydrogen) atoms. The number of halogens is 3. The predicted molar refractivity (Wildman–Crippen MR) is 73.8 cm³/mol. The summed E-state index contributed by atoms with van der Waals surface area (Å²) in [5.74, 6) is 0.236. The molecule has 0 fully saturated rings. The average Bonchev–Trinajstić information content (AvgIpc) is 2.41. The quantitative estimate of drug-likeness (QED) is 0.840. The number of alkyl halides is 3. The van der Waals surface area contributed by atoms with Gasteiger partial charge in [-0.05, 0) is 36.4 Å². The van der Waals surface area contributed by atoms with Crippen molar-refractivity contribution in [2.75, 3.05) is 18.2 Å². The smallest absolute Gasteiger partial charge is 0.495 e. The summed E-state index contributed by atoms with van der Waals surface area (Å²) < 4.78 is 45.0. The molecule has 2 aromatic carbocycles. The second-order valence-electron chi connectivity index (χ2n) is 4.15. The van der Waals surface area contributed by atoms with Gasteiger partial charge in [-0.15, -0.1) is 13.2 Å². The Morgan fingerprint density at radius 3 is 2.19 bits per heavy atom. The van der Waals surface area contributed by atoms with Crippen LogP contribution in [0, 0.1) is 0 Å². The number of methoxy groups -OCH3 is 1. The lowest BCUT2D eigenvalue weighted by atomic mass is 10.2. The highest BCUT2D eigenvalue weighted by Gasteiger charge is 2.30. The number of nitrogens with one attached hydrogen (secondary N) is 1. The lowest BCUT2D eigenvalue weighted by molar-refractivity contribution is -0.274. The van der Waals surface area contributed by atoms with Gasteiger partial charge in [0.25, 0.3) is 0 Å². The number of benzene rings is 2. The van der Waals surface area contributed by atoms with Crippen molar-refractivity contribution < 1.29 is 22.6 Å². The summed E-state index contributed by atoms with van der Waals surface area (Å²) in [6.07, 6.45) is -4.70. The zero-order valence-electron chi connectivity index (χ0n) is 11.1. The van der Waals surface area contributed by atoms with Crippen LogP contribution in [0.4, 0.5) is 30.2 Å². The minimum absolute atomic E-state index is 0.275. The van der Waals surface area contributed by atoms with Crippen LogP contribution in [0.1, 0.15) is 0 Å². The summed E-state index contributed by atoms with van der Waals surface area (Å²) in [5, 5.41) is 3.02. The van der Waals surface area contributed by atoms with E-state index < -0.39 is 6.36 Å². The molecule has 0 heterocycles. The zero-order valence-corrected chi connectivity index (χ0v) is 11.1. The van der Waals surface area contributed by atoms with E-state index in [1.165, 1.54) is 31.4 Å². The van der Waals surface area contributed by atoms with Gasteiger partial charge >= 0.3 is 6.36 Å². The van der Waals surface area contributed by atoms with E-state index in [9.17, 15) is 13.2 Å². The molecule has 7 heteroatoms. The van der Waals surface area contributed by atoms with E-state index in [1.54, 1.807) is 18.2 Å². The van der Waals surface area contributed by atoms with E-state index in [2.05, 4.69) is 10.1 Å². The number of anilines is 3. The van der Waals surface area contributed by atoms with Gasteiger partial charge in [-0.3, -0.25) is 0 Å². The normalized spacial score (nSPS) is 11.0. The molecule has 3 N–H and O–H groups in total. The lowest BCUT2D eigenvalue weighted by Crippen LogP contribution is -2.16. The zero-order chi connectivity index (χ0) is 15.5. The van der Waals surface area contributed by atoms with Gasteiger partial charge in [0.15, 0.2) is 0 Å². The highest BCUT2D eigenvalue weighted by Crippen LogP contribution is 2.28. The molecule has 2 aromatic rings. The van der Waals surface area contributed by atoms with Crippen LogP contribution in [0.2, 0.25) is 0 Å². The summed E-state index contributed by atoms with van der Waals surface area (Å²) in [6, 6.07) is 10.5. The van der Waals surface area contributed by atoms with E-state index in [4.69, 9.17) is 10.5 Å². The van der Waals surface area contributed by atoms with Crippen LogP contribution in [0.3, 0.4) is 0 Å². The van der Waals surface area contributed by atoms with Crippen molar-refractivity contribution in [3.05, 3.63) is 42.5 Å². The van der Waals surface area contributed by atoms with Gasteiger partial charge in [-0.2, -0.15) is 0 Å². The van der Waals surface area contributed by atoms with Gasteiger partial charge in [0.2, 0.25) is 0 Å². The SMILES string of the molecule is COc1cc(Nc2ccc(OC(F)(F)F)cc2)ccc1N. The molecule has 0 aliphatic rings. The van der Waals surface area contributed by atoms with E-state index in [1.807, 2.05) is 0 Å². The number of rotatable bonds is 4. The summed E-state index contributed by atoms with van der Waals surface area (Å²) in [7, 11) is 1.50. The van der Waals surface area contributed by atoms with Crippen LogP contribution in [-0.2, 0) is 0 Å². The predicted octanol–water partition coefficient (Wildman–Crippen LogP) is 3.92. The van der Waals surface area contributed by atoms with Crippen LogP contribution in [0.15, 0.2) is 42.5 Å². The molecular formula is C14H13F3N2O2. The van der Waals surface area contributed by atoms with E-state index in [-0.39, 0.29) is 5.75 Å². The summed E-state index contributed by atoms with van der Waals surface area (Å²) in [4.78, 5) is 0. The maximum atomic E-state index is 12.0. The van der Waals surface area contributed by atoms with Crippen molar-refractivity contribution in [3.8, 4) is 11.5 Å². The summed E-state index contributed by atoms with van der Waals surface area (Å²) in [5.41, 5.74) is 7.50. The second-order valence-corrected chi connectivity index (χ2v) is 4.15. The third-order valence-corrected chi connectivity index (χ3v) is 2.61. The highest BCUT2D eigenvalue weighted by atomic mass is 19.4. The first kappa shape index (κ1) is 14.8. The molecule has 0 saturated heterocycles. The lowest BCUT2D eigenvalue weighted by Gasteiger charge is -2.11. The minimum atomic E-state index is -4.70. The first-order chi connectivity index (χ1) is 9.87. The maximum Gasteiger partial charge on any atom is 0.573 e. The van der Waals surface area contributed by atoms with E-state index in [0.29, 0.717) is 22.8 Å². The Morgan fingerprint density at radius 1 is 1.00 bits per heavy atom. The monoisotopic (exact) mass is 298 g/mol. The van der Waals surface area contributed by atoms with Crippen molar-refractivity contribution in [1.29, 1.82) is 0 Å². The molecule has 0 radical (unpaired) electrons. The highest BCUT2D eigenvalue weighted by molar-refractivity contribution is 5.67. The Hall–Kier alpha value is -2.57. The van der Waals surface area contributed by atoms with Crippen LogP contribution < -0.4 is 20.5 Å². The Kier molecular flexibility index (Phi) is 4.11. The van der Waals surface area contributed by atoms with E-state index in [0.717, 1.165) is 0 Å². The van der Waals surface area contributed by atoms with Crippen LogP contribution in [-0.4, -0.2) is 13.5 Å². The fraction of sp³-hybridized carbons (Fsp3) is 0.143. The molecule has 0 saturated carbocycles. The average molecular weight is 298 g/mol. The Balaban J connectivity index is 2.10. The number of hydrogen-bond acceptors (Lipinski definition) is 4. The number of nitrogens with two attached hydrogens (primary N) is 1. The second kappa shape index (κ2) is 5.82. The molecule has 2 rings (SSSR count). The van der Waals surface area contributed by atoms with Crippen molar-refractivity contribution in [2.24, 2.45) is 0 Å². The Bertz CT molecular complexity index is 613. The molecule has 0 bridgehead atoms. The van der Waals surface area contributed by atoms with Crippen LogP contribution >= 0.6 is 0 Å². The standard InChI is InChI=1S/C14H13F3N2O2/c1-20-13-8-10(4-7-12(13)18)19-9-2-5-11(6-3-9)21-14(15,16)17/h2-8,19H,18H2,1H3. The molecule has 4 nitrogen and oxygen atoms in total. The fourth-order valence-electron chi connectivity index (χ4n) is 1.70. The summed E-state index contributed by atoms with van der Waals surface area (Å²) in [6.45, 7) is 0. The largest absolute Gasteiger partial charge is 0.573 e. The van der Waals surface area contributed by atoms with Crippen molar-refractivity contribution in [2.45, 2.75) is 6.36 Å².